The first-order chi connectivity index (χ1) is 12.8. The molecule has 2 aromatic rings. The minimum absolute atomic E-state index is 0.0504. The molecule has 0 fully saturated rings. The molecule has 2 rings (SSSR count). The fraction of sp³-hybridized carbons (Fsp3) is 0.300. The topological polar surface area (TPSA) is 84.9 Å². The van der Waals surface area contributed by atoms with Gasteiger partial charge in [0.1, 0.15) is 5.82 Å². The first-order valence-corrected chi connectivity index (χ1v) is 8.43. The van der Waals surface area contributed by atoms with Crippen LogP contribution in [0.1, 0.15) is 35.7 Å². The van der Waals surface area contributed by atoms with E-state index in [-0.39, 0.29) is 12.6 Å². The Bertz CT molecular complexity index is 805. The summed E-state index contributed by atoms with van der Waals surface area (Å²) < 4.78 is 23.9. The molecule has 144 valence electrons. The minimum atomic E-state index is -1.11. The second kappa shape index (κ2) is 9.02. The van der Waals surface area contributed by atoms with E-state index in [1.54, 1.807) is 12.1 Å². The van der Waals surface area contributed by atoms with E-state index in [1.807, 2.05) is 13.8 Å². The first-order valence-electron chi connectivity index (χ1n) is 8.43. The van der Waals surface area contributed by atoms with Crippen molar-refractivity contribution < 1.29 is 28.6 Å². The van der Waals surface area contributed by atoms with Crippen LogP contribution in [0.3, 0.4) is 0 Å². The predicted octanol–water partition coefficient (Wildman–Crippen LogP) is 3.22. The highest BCUT2D eigenvalue weighted by molar-refractivity contribution is 5.95. The van der Waals surface area contributed by atoms with Crippen molar-refractivity contribution in [1.29, 1.82) is 0 Å². The molecule has 1 amide bonds. The quantitative estimate of drug-likeness (QED) is 0.740. The number of aliphatic carboxylic acids is 1. The molecule has 0 bridgehead atoms. The molecule has 0 spiro atoms. The number of ether oxygens (including phenoxy) is 2. The fourth-order valence-corrected chi connectivity index (χ4v) is 2.50. The molecule has 0 saturated carbocycles. The minimum Gasteiger partial charge on any atom is -0.493 e. The molecule has 0 radical (unpaired) electrons. The number of amides is 1. The van der Waals surface area contributed by atoms with E-state index in [0.29, 0.717) is 22.6 Å². The van der Waals surface area contributed by atoms with Gasteiger partial charge < -0.3 is 19.9 Å². The Hall–Kier alpha value is -3.09. The van der Waals surface area contributed by atoms with Crippen molar-refractivity contribution in [2.75, 3.05) is 13.7 Å². The molecule has 0 heterocycles. The van der Waals surface area contributed by atoms with E-state index in [1.165, 1.54) is 37.4 Å². The summed E-state index contributed by atoms with van der Waals surface area (Å²) in [5.74, 6) is -2.08. The number of hydrogen-bond donors (Lipinski definition) is 2. The van der Waals surface area contributed by atoms with Crippen molar-refractivity contribution in [2.45, 2.75) is 25.9 Å². The zero-order valence-corrected chi connectivity index (χ0v) is 15.4. The lowest BCUT2D eigenvalue weighted by Crippen LogP contribution is -2.31. The van der Waals surface area contributed by atoms with Gasteiger partial charge in [-0.25, -0.2) is 4.39 Å². The van der Waals surface area contributed by atoms with E-state index in [4.69, 9.17) is 9.47 Å². The number of nitrogens with one attached hydrogen (secondary N) is 1. The monoisotopic (exact) mass is 375 g/mol. The normalized spacial score (nSPS) is 11.7. The number of hydrogen-bond acceptors (Lipinski definition) is 4. The number of carboxylic acid groups (broad SMARTS) is 1. The van der Waals surface area contributed by atoms with Crippen molar-refractivity contribution in [2.24, 2.45) is 0 Å². The standard InChI is InChI=1S/C20H22FNO5/c1-12(2)27-17-9-6-14(10-18(17)26-3)19(23)22-11-16(20(24)25)13-4-7-15(21)8-5-13/h4-10,12,16H,11H2,1-3H3,(H,22,23)(H,24,25). The second-order valence-electron chi connectivity index (χ2n) is 6.18. The Morgan fingerprint density at radius 2 is 1.78 bits per heavy atom. The van der Waals surface area contributed by atoms with Gasteiger partial charge in [0.2, 0.25) is 0 Å². The summed E-state index contributed by atoms with van der Waals surface area (Å²) in [6.07, 6.45) is -0.0504. The summed E-state index contributed by atoms with van der Waals surface area (Å²) in [6.45, 7) is 3.62. The summed E-state index contributed by atoms with van der Waals surface area (Å²) in [5.41, 5.74) is 0.716. The van der Waals surface area contributed by atoms with E-state index in [9.17, 15) is 19.1 Å². The van der Waals surface area contributed by atoms with Crippen molar-refractivity contribution in [3.8, 4) is 11.5 Å². The lowest BCUT2D eigenvalue weighted by Gasteiger charge is -2.16. The van der Waals surface area contributed by atoms with Crippen LogP contribution < -0.4 is 14.8 Å². The van der Waals surface area contributed by atoms with Crippen molar-refractivity contribution in [1.82, 2.24) is 5.32 Å². The molecule has 0 aliphatic rings. The number of carbonyl (C=O) groups excluding carboxylic acids is 1. The summed E-state index contributed by atoms with van der Waals surface area (Å²) in [5, 5.41) is 12.0. The first kappa shape index (κ1) is 20.2. The van der Waals surface area contributed by atoms with E-state index >= 15 is 0 Å². The van der Waals surface area contributed by atoms with Crippen LogP contribution in [-0.4, -0.2) is 36.7 Å². The van der Waals surface area contributed by atoms with E-state index in [2.05, 4.69) is 5.32 Å². The molecule has 0 aliphatic heterocycles. The Kier molecular flexibility index (Phi) is 6.76. The molecule has 1 unspecified atom stereocenters. The van der Waals surface area contributed by atoms with Crippen molar-refractivity contribution in [3.63, 3.8) is 0 Å². The Morgan fingerprint density at radius 3 is 2.33 bits per heavy atom. The zero-order chi connectivity index (χ0) is 20.0. The SMILES string of the molecule is COc1cc(C(=O)NCC(C(=O)O)c2ccc(F)cc2)ccc1OC(C)C. The molecule has 0 saturated heterocycles. The molecule has 2 aromatic carbocycles. The maximum atomic E-state index is 13.0. The summed E-state index contributed by atoms with van der Waals surface area (Å²) >= 11 is 0. The summed E-state index contributed by atoms with van der Waals surface area (Å²) in [7, 11) is 1.47. The number of rotatable bonds is 8. The molecule has 7 heteroatoms. The molecule has 0 aromatic heterocycles. The molecular formula is C20H22FNO5. The molecule has 27 heavy (non-hydrogen) atoms. The van der Waals surface area contributed by atoms with Crippen LogP contribution in [0.2, 0.25) is 0 Å². The zero-order valence-electron chi connectivity index (χ0n) is 15.4. The lowest BCUT2D eigenvalue weighted by molar-refractivity contribution is -0.138. The van der Waals surface area contributed by atoms with Crippen molar-refractivity contribution >= 4 is 11.9 Å². The molecule has 0 aliphatic carbocycles. The number of carbonyl (C=O) groups is 2. The van der Waals surface area contributed by atoms with Gasteiger partial charge in [0.05, 0.1) is 19.1 Å². The van der Waals surface area contributed by atoms with Crippen molar-refractivity contribution in [3.05, 3.63) is 59.4 Å². The number of carboxylic acids is 1. The van der Waals surface area contributed by atoms with Crippen LogP contribution in [0.4, 0.5) is 4.39 Å². The average Bonchev–Trinajstić information content (AvgIpc) is 2.62. The van der Waals surface area contributed by atoms with Gasteiger partial charge >= 0.3 is 5.97 Å². The molecule has 1 atom stereocenters. The third kappa shape index (κ3) is 5.44. The molecule has 2 N–H and O–H groups in total. The fourth-order valence-electron chi connectivity index (χ4n) is 2.50. The van der Waals surface area contributed by atoms with E-state index in [0.717, 1.165) is 0 Å². The predicted molar refractivity (Wildman–Crippen MR) is 97.9 cm³/mol. The van der Waals surface area contributed by atoms with Gasteiger partial charge in [-0.1, -0.05) is 12.1 Å². The highest BCUT2D eigenvalue weighted by Gasteiger charge is 2.21. The van der Waals surface area contributed by atoms with Gasteiger partial charge in [0, 0.05) is 12.1 Å². The van der Waals surface area contributed by atoms with Crippen LogP contribution in [-0.2, 0) is 4.79 Å². The van der Waals surface area contributed by atoms with Gasteiger partial charge in [-0.2, -0.15) is 0 Å². The number of benzene rings is 2. The third-order valence-corrected chi connectivity index (χ3v) is 3.83. The van der Waals surface area contributed by atoms with Crippen LogP contribution in [0, 0.1) is 5.82 Å². The third-order valence-electron chi connectivity index (χ3n) is 3.83. The van der Waals surface area contributed by atoms with E-state index < -0.39 is 23.6 Å². The number of halogens is 1. The largest absolute Gasteiger partial charge is 0.493 e. The summed E-state index contributed by atoms with van der Waals surface area (Å²) in [4.78, 5) is 23.9. The van der Waals surface area contributed by atoms with Gasteiger partial charge in [-0.15, -0.1) is 0 Å². The van der Waals surface area contributed by atoms with Crippen LogP contribution >= 0.6 is 0 Å². The Morgan fingerprint density at radius 1 is 1.11 bits per heavy atom. The highest BCUT2D eigenvalue weighted by Crippen LogP contribution is 2.29. The van der Waals surface area contributed by atoms with Crippen LogP contribution in [0.15, 0.2) is 42.5 Å². The highest BCUT2D eigenvalue weighted by atomic mass is 19.1. The number of methoxy groups -OCH3 is 1. The maximum absolute atomic E-state index is 13.0. The van der Waals surface area contributed by atoms with Gasteiger partial charge in [0.25, 0.3) is 5.91 Å². The molecule has 6 nitrogen and oxygen atoms in total. The summed E-state index contributed by atoms with van der Waals surface area (Å²) in [6, 6.07) is 9.88. The molecular weight excluding hydrogens is 353 g/mol. The van der Waals surface area contributed by atoms with Gasteiger partial charge in [-0.05, 0) is 49.7 Å². The second-order valence-corrected chi connectivity index (χ2v) is 6.18. The smallest absolute Gasteiger partial charge is 0.312 e. The van der Waals surface area contributed by atoms with Gasteiger partial charge in [-0.3, -0.25) is 9.59 Å². The lowest BCUT2D eigenvalue weighted by atomic mass is 9.99. The Labute approximate surface area is 156 Å². The van der Waals surface area contributed by atoms with Crippen LogP contribution in [0.5, 0.6) is 11.5 Å². The Balaban J connectivity index is 2.11. The average molecular weight is 375 g/mol. The van der Waals surface area contributed by atoms with Gasteiger partial charge in [0.15, 0.2) is 11.5 Å². The van der Waals surface area contributed by atoms with Crippen LogP contribution in [0.25, 0.3) is 0 Å². The maximum Gasteiger partial charge on any atom is 0.312 e.